The topological polar surface area (TPSA) is 30.9 Å². The molecule has 1 unspecified atom stereocenters. The Labute approximate surface area is 173 Å². The maximum atomic E-state index is 9.67. The summed E-state index contributed by atoms with van der Waals surface area (Å²) >= 11 is 0. The summed E-state index contributed by atoms with van der Waals surface area (Å²) in [5.74, 6) is 0.992. The van der Waals surface area contributed by atoms with Gasteiger partial charge < -0.3 is 9.44 Å². The highest BCUT2D eigenvalue weighted by atomic mass is 19.4. The van der Waals surface area contributed by atoms with Crippen LogP contribution in [0.4, 0.5) is 12.9 Å². The van der Waals surface area contributed by atoms with E-state index >= 15 is 0 Å². The Balaban J connectivity index is 0.000000591. The van der Waals surface area contributed by atoms with Gasteiger partial charge in [-0.15, -0.1) is 0 Å². The Hall–Kier alpha value is -2.68. The van der Waals surface area contributed by atoms with Gasteiger partial charge in [-0.3, -0.25) is 12.9 Å². The number of ether oxygens (including phenoxy) is 1. The predicted molar refractivity (Wildman–Crippen MR) is 106 cm³/mol. The Morgan fingerprint density at radius 3 is 2.30 bits per heavy atom. The van der Waals surface area contributed by atoms with Crippen LogP contribution in [0.5, 0.6) is 0 Å². The summed E-state index contributed by atoms with van der Waals surface area (Å²) in [5.41, 5.74) is 6.28. The molecular weight excluding hydrogens is 397 g/mol. The zero-order chi connectivity index (χ0) is 21.0. The number of rotatable bonds is 3. The molecule has 0 amide bonds. The molecule has 4 nitrogen and oxygen atoms in total. The lowest BCUT2D eigenvalue weighted by atomic mass is 10.1. The second-order valence-electron chi connectivity index (χ2n) is 7.24. The van der Waals surface area contributed by atoms with Crippen LogP contribution in [-0.4, -0.2) is 23.9 Å². The molecule has 30 heavy (non-hydrogen) atoms. The highest BCUT2D eigenvalue weighted by molar-refractivity contribution is 6.33. The monoisotopic (exact) mass is 421 g/mol. The fraction of sp³-hybridized carbons (Fsp3) is 0.333. The van der Waals surface area contributed by atoms with E-state index in [2.05, 4.69) is 74.1 Å². The first-order valence-corrected chi connectivity index (χ1v) is 9.47. The molecule has 4 rings (SSSR count). The third kappa shape index (κ3) is 5.69. The third-order valence-corrected chi connectivity index (χ3v) is 4.87. The average molecular weight is 421 g/mol. The molecule has 2 heterocycles. The molecule has 0 aliphatic carbocycles. The van der Waals surface area contributed by atoms with E-state index < -0.39 is 7.54 Å². The summed E-state index contributed by atoms with van der Waals surface area (Å²) in [7, 11) is -3.67. The Morgan fingerprint density at radius 1 is 1.10 bits per heavy atom. The van der Waals surface area contributed by atoms with Crippen molar-refractivity contribution in [2.75, 3.05) is 6.61 Å². The maximum absolute atomic E-state index is 9.67. The highest BCUT2D eigenvalue weighted by Crippen LogP contribution is 2.21. The SMILES string of the molecule is Cc1cc(C)c(-n2c[n+]3c(n2)COCC3Cc2ccccc2)c(C)c1.FB(F)F.[F-]. The summed E-state index contributed by atoms with van der Waals surface area (Å²) in [4.78, 5) is 0. The molecule has 2 aromatic carbocycles. The molecule has 1 aromatic heterocycles. The maximum Gasteiger partial charge on any atom is 0.762 e. The van der Waals surface area contributed by atoms with E-state index in [0.717, 1.165) is 18.9 Å². The molecular formula is C21H24BF4N3O. The minimum absolute atomic E-state index is 0. The lowest BCUT2D eigenvalue weighted by molar-refractivity contribution is -0.742. The number of benzene rings is 2. The first-order valence-electron chi connectivity index (χ1n) is 9.47. The molecule has 1 aliphatic heterocycles. The van der Waals surface area contributed by atoms with Crippen LogP contribution in [-0.2, 0) is 17.8 Å². The number of fused-ring (bicyclic) bond motifs is 1. The first kappa shape index (κ1) is 23.6. The number of hydrogen-bond donors (Lipinski definition) is 0. The van der Waals surface area contributed by atoms with E-state index in [1.165, 1.54) is 27.9 Å². The van der Waals surface area contributed by atoms with Gasteiger partial charge in [0.2, 0.25) is 6.33 Å². The Bertz CT molecular complexity index is 940. The fourth-order valence-corrected chi connectivity index (χ4v) is 3.85. The van der Waals surface area contributed by atoms with Crippen LogP contribution in [0.1, 0.15) is 34.1 Å². The molecule has 0 saturated carbocycles. The van der Waals surface area contributed by atoms with Gasteiger partial charge in [0.25, 0.3) is 0 Å². The van der Waals surface area contributed by atoms with Crippen LogP contribution in [0.15, 0.2) is 48.8 Å². The van der Waals surface area contributed by atoms with Crippen LogP contribution in [0.25, 0.3) is 5.69 Å². The zero-order valence-electron chi connectivity index (χ0n) is 17.2. The Kier molecular flexibility index (Phi) is 8.17. The molecule has 0 spiro atoms. The van der Waals surface area contributed by atoms with Crippen LogP contribution in [0, 0.1) is 20.8 Å². The largest absolute Gasteiger partial charge is 1.00 e. The quantitative estimate of drug-likeness (QED) is 0.363. The number of halogens is 4. The van der Waals surface area contributed by atoms with E-state index in [4.69, 9.17) is 9.84 Å². The second-order valence-corrected chi connectivity index (χ2v) is 7.24. The van der Waals surface area contributed by atoms with E-state index in [0.29, 0.717) is 6.61 Å². The van der Waals surface area contributed by atoms with Gasteiger partial charge in [0.15, 0.2) is 0 Å². The van der Waals surface area contributed by atoms with Crippen LogP contribution in [0.2, 0.25) is 0 Å². The van der Waals surface area contributed by atoms with Gasteiger partial charge in [-0.05, 0) is 37.5 Å². The number of nitrogens with zero attached hydrogens (tertiary/aromatic N) is 3. The van der Waals surface area contributed by atoms with Crippen molar-refractivity contribution in [3.63, 3.8) is 0 Å². The van der Waals surface area contributed by atoms with Crippen molar-refractivity contribution in [1.29, 1.82) is 0 Å². The van der Waals surface area contributed by atoms with E-state index in [9.17, 15) is 12.9 Å². The lowest BCUT2D eigenvalue weighted by Gasteiger charge is -2.19. The normalized spacial score (nSPS) is 14.8. The highest BCUT2D eigenvalue weighted by Gasteiger charge is 2.30. The molecule has 0 saturated heterocycles. The van der Waals surface area contributed by atoms with Gasteiger partial charge in [0.1, 0.15) is 18.3 Å². The van der Waals surface area contributed by atoms with Crippen LogP contribution in [0.3, 0.4) is 0 Å². The van der Waals surface area contributed by atoms with Gasteiger partial charge in [0.05, 0.1) is 6.61 Å². The van der Waals surface area contributed by atoms with Crippen molar-refractivity contribution in [3.05, 3.63) is 76.9 Å². The van der Waals surface area contributed by atoms with Crippen LogP contribution >= 0.6 is 0 Å². The standard InChI is InChI=1S/C21H24N3O.BF3.FH/c1-15-9-16(2)21(17(3)10-15)24-14-23-19(12-25-13-20(23)22-24)11-18-7-5-4-6-8-18;2-1(3)4;/h4-10,14,19H,11-13H2,1-3H3;;1H/q+1;;/p-1. The van der Waals surface area contributed by atoms with Crippen molar-refractivity contribution in [2.45, 2.75) is 39.8 Å². The second kappa shape index (κ2) is 10.4. The van der Waals surface area contributed by atoms with Crippen molar-refractivity contribution in [3.8, 4) is 5.69 Å². The summed E-state index contributed by atoms with van der Waals surface area (Å²) in [6, 6.07) is 15.3. The van der Waals surface area contributed by atoms with Crippen molar-refractivity contribution in [1.82, 2.24) is 9.78 Å². The molecule has 0 radical (unpaired) electrons. The molecule has 160 valence electrons. The fourth-order valence-electron chi connectivity index (χ4n) is 3.85. The van der Waals surface area contributed by atoms with Crippen LogP contribution < -0.4 is 9.27 Å². The van der Waals surface area contributed by atoms with Crippen molar-refractivity contribution in [2.24, 2.45) is 0 Å². The lowest BCUT2D eigenvalue weighted by Crippen LogP contribution is -3.00. The van der Waals surface area contributed by atoms with Gasteiger partial charge in [-0.2, -0.15) is 0 Å². The minimum Gasteiger partial charge on any atom is -1.00 e. The first-order chi connectivity index (χ1) is 13.8. The van der Waals surface area contributed by atoms with E-state index in [1.54, 1.807) is 0 Å². The molecule has 0 fully saturated rings. The number of hydrogen-bond acceptors (Lipinski definition) is 2. The smallest absolute Gasteiger partial charge is 0.762 e. The zero-order valence-corrected chi connectivity index (χ0v) is 17.2. The summed E-state index contributed by atoms with van der Waals surface area (Å²) in [5, 5.41) is 4.82. The van der Waals surface area contributed by atoms with Crippen molar-refractivity contribution >= 4 is 7.54 Å². The average Bonchev–Trinajstić information content (AvgIpc) is 3.06. The molecule has 9 heteroatoms. The van der Waals surface area contributed by atoms with Gasteiger partial charge >= 0.3 is 13.4 Å². The summed E-state index contributed by atoms with van der Waals surface area (Å²) < 4.78 is 39.1. The van der Waals surface area contributed by atoms with Gasteiger partial charge in [-0.1, -0.05) is 52.7 Å². The molecule has 1 atom stereocenters. The predicted octanol–water partition coefficient (Wildman–Crippen LogP) is 1.28. The number of aryl methyl sites for hydroxylation is 3. The summed E-state index contributed by atoms with van der Waals surface area (Å²) in [6.07, 6.45) is 3.09. The van der Waals surface area contributed by atoms with Crippen molar-refractivity contribution < 1.29 is 27.0 Å². The summed E-state index contributed by atoms with van der Waals surface area (Å²) in [6.45, 7) is 7.74. The van der Waals surface area contributed by atoms with Gasteiger partial charge in [-0.25, -0.2) is 4.57 Å². The Morgan fingerprint density at radius 2 is 1.70 bits per heavy atom. The number of aromatic nitrogens is 3. The molecule has 1 aliphatic rings. The molecule has 0 bridgehead atoms. The van der Waals surface area contributed by atoms with E-state index in [1.807, 2.05) is 4.68 Å². The van der Waals surface area contributed by atoms with E-state index in [-0.39, 0.29) is 10.7 Å². The molecule has 3 aromatic rings. The molecule has 0 N–H and O–H groups in total. The van der Waals surface area contributed by atoms with Gasteiger partial charge in [0, 0.05) is 11.5 Å². The minimum atomic E-state index is -3.67. The third-order valence-electron chi connectivity index (χ3n) is 4.87.